The highest BCUT2D eigenvalue weighted by Crippen LogP contribution is 2.32. The lowest BCUT2D eigenvalue weighted by molar-refractivity contribution is -0.136. The molecule has 1 atom stereocenters. The summed E-state index contributed by atoms with van der Waals surface area (Å²) in [6.45, 7) is 2.90. The van der Waals surface area contributed by atoms with Crippen molar-refractivity contribution in [3.63, 3.8) is 0 Å². The van der Waals surface area contributed by atoms with Gasteiger partial charge in [0.2, 0.25) is 11.8 Å². The largest absolute Gasteiger partial charge is 0.486 e. The Labute approximate surface area is 207 Å². The first-order chi connectivity index (χ1) is 17.0. The first kappa shape index (κ1) is 24.3. The quantitative estimate of drug-likeness (QED) is 0.477. The molecule has 3 aromatic rings. The van der Waals surface area contributed by atoms with Crippen molar-refractivity contribution >= 4 is 34.7 Å². The van der Waals surface area contributed by atoms with Crippen molar-refractivity contribution < 1.29 is 23.9 Å². The molecule has 35 heavy (non-hydrogen) atoms. The minimum atomic E-state index is -0.811. The first-order valence-corrected chi connectivity index (χ1v) is 12.3. The lowest BCUT2D eigenvalue weighted by Crippen LogP contribution is -2.51. The summed E-state index contributed by atoms with van der Waals surface area (Å²) >= 11 is 1.31. The molecule has 2 N–H and O–H groups in total. The summed E-state index contributed by atoms with van der Waals surface area (Å²) in [6, 6.07) is 17.3. The van der Waals surface area contributed by atoms with Crippen LogP contribution < -0.4 is 20.1 Å². The van der Waals surface area contributed by atoms with E-state index in [9.17, 15) is 14.4 Å². The molecule has 2 aromatic carbocycles. The number of carbonyl (C=O) groups excluding carboxylic acids is 3. The van der Waals surface area contributed by atoms with Crippen LogP contribution >= 0.6 is 11.3 Å². The van der Waals surface area contributed by atoms with Crippen LogP contribution in [0.1, 0.15) is 22.2 Å². The van der Waals surface area contributed by atoms with E-state index >= 15 is 0 Å². The van der Waals surface area contributed by atoms with Crippen molar-refractivity contribution in [2.24, 2.45) is 0 Å². The van der Waals surface area contributed by atoms with Crippen LogP contribution in [0.25, 0.3) is 0 Å². The molecule has 0 saturated heterocycles. The standard InChI is InChI=1S/C26H27N3O5S/c1-2-29(17-24(30)27-19-10-11-21-22(16-19)34-13-12-33-21)26(32)20(15-18-7-4-3-5-8-18)28-25(31)23-9-6-14-35-23/h3-11,14,16,20H,2,12-13,15,17H2,1H3,(H,27,30)(H,28,31). The molecule has 8 nitrogen and oxygen atoms in total. The molecule has 0 saturated carbocycles. The smallest absolute Gasteiger partial charge is 0.262 e. The number of amides is 3. The van der Waals surface area contributed by atoms with Gasteiger partial charge in [0, 0.05) is 24.7 Å². The molecule has 0 fully saturated rings. The number of rotatable bonds is 9. The van der Waals surface area contributed by atoms with E-state index in [1.54, 1.807) is 37.3 Å². The monoisotopic (exact) mass is 493 g/mol. The van der Waals surface area contributed by atoms with Gasteiger partial charge in [0.25, 0.3) is 5.91 Å². The van der Waals surface area contributed by atoms with E-state index in [0.29, 0.717) is 48.2 Å². The summed E-state index contributed by atoms with van der Waals surface area (Å²) in [5.74, 6) is 0.214. The number of carbonyl (C=O) groups is 3. The van der Waals surface area contributed by atoms with Gasteiger partial charge in [-0.25, -0.2) is 0 Å². The van der Waals surface area contributed by atoms with E-state index in [1.165, 1.54) is 16.2 Å². The van der Waals surface area contributed by atoms with Crippen LogP contribution in [0.2, 0.25) is 0 Å². The third kappa shape index (κ3) is 6.39. The molecule has 0 spiro atoms. The fourth-order valence-corrected chi connectivity index (χ4v) is 4.37. The predicted molar refractivity (Wildman–Crippen MR) is 134 cm³/mol. The van der Waals surface area contributed by atoms with E-state index in [0.717, 1.165) is 5.56 Å². The number of thiophene rings is 1. The fraction of sp³-hybridized carbons (Fsp3) is 0.269. The highest BCUT2D eigenvalue weighted by Gasteiger charge is 2.27. The Morgan fingerprint density at radius 1 is 1.00 bits per heavy atom. The van der Waals surface area contributed by atoms with Crippen molar-refractivity contribution in [2.45, 2.75) is 19.4 Å². The van der Waals surface area contributed by atoms with Crippen LogP contribution in [-0.2, 0) is 16.0 Å². The number of ether oxygens (including phenoxy) is 2. The molecule has 2 heterocycles. The van der Waals surface area contributed by atoms with Crippen molar-refractivity contribution in [1.82, 2.24) is 10.2 Å². The van der Waals surface area contributed by atoms with Crippen molar-refractivity contribution in [3.8, 4) is 11.5 Å². The molecule has 1 aliphatic rings. The van der Waals surface area contributed by atoms with Gasteiger partial charge in [-0.3, -0.25) is 14.4 Å². The zero-order chi connectivity index (χ0) is 24.6. The van der Waals surface area contributed by atoms with Gasteiger partial charge < -0.3 is 25.0 Å². The topological polar surface area (TPSA) is 97.0 Å². The van der Waals surface area contributed by atoms with E-state index in [2.05, 4.69) is 10.6 Å². The van der Waals surface area contributed by atoms with E-state index in [-0.39, 0.29) is 24.3 Å². The van der Waals surface area contributed by atoms with Gasteiger partial charge in [-0.15, -0.1) is 11.3 Å². The van der Waals surface area contributed by atoms with Crippen molar-refractivity contribution in [1.29, 1.82) is 0 Å². The normalized spacial score (nSPS) is 12.9. The summed E-state index contributed by atoms with van der Waals surface area (Å²) in [5.41, 5.74) is 1.46. The number of hydrogen-bond donors (Lipinski definition) is 2. The van der Waals surface area contributed by atoms with Crippen LogP contribution in [0.5, 0.6) is 11.5 Å². The Bertz CT molecular complexity index is 1170. The maximum absolute atomic E-state index is 13.5. The highest BCUT2D eigenvalue weighted by atomic mass is 32.1. The second kappa shape index (κ2) is 11.5. The van der Waals surface area contributed by atoms with E-state index in [1.807, 2.05) is 35.7 Å². The van der Waals surface area contributed by atoms with Crippen molar-refractivity contribution in [3.05, 3.63) is 76.5 Å². The van der Waals surface area contributed by atoms with E-state index in [4.69, 9.17) is 9.47 Å². The molecule has 4 rings (SSSR count). The summed E-state index contributed by atoms with van der Waals surface area (Å²) in [6.07, 6.45) is 0.317. The third-order valence-corrected chi connectivity index (χ3v) is 6.35. The number of benzene rings is 2. The average Bonchev–Trinajstić information content (AvgIpc) is 3.42. The summed E-state index contributed by atoms with van der Waals surface area (Å²) in [7, 11) is 0. The van der Waals surface area contributed by atoms with Crippen LogP contribution in [0.4, 0.5) is 5.69 Å². The van der Waals surface area contributed by atoms with Gasteiger partial charge in [0.1, 0.15) is 19.3 Å². The Hall–Kier alpha value is -3.85. The van der Waals surface area contributed by atoms with Gasteiger partial charge in [0.15, 0.2) is 11.5 Å². The number of fused-ring (bicyclic) bond motifs is 1. The minimum absolute atomic E-state index is 0.149. The van der Waals surface area contributed by atoms with Crippen LogP contribution in [0.15, 0.2) is 66.0 Å². The molecule has 0 aliphatic carbocycles. The zero-order valence-electron chi connectivity index (χ0n) is 19.4. The van der Waals surface area contributed by atoms with Gasteiger partial charge in [-0.2, -0.15) is 0 Å². The fourth-order valence-electron chi connectivity index (χ4n) is 3.75. The molecule has 3 amide bonds. The number of nitrogens with zero attached hydrogens (tertiary/aromatic N) is 1. The second-order valence-corrected chi connectivity index (χ2v) is 8.90. The molecular formula is C26H27N3O5S. The number of likely N-dealkylation sites (N-methyl/N-ethyl adjacent to an activating group) is 1. The van der Waals surface area contributed by atoms with Crippen LogP contribution in [-0.4, -0.2) is 55.0 Å². The van der Waals surface area contributed by atoms with Gasteiger partial charge in [0.05, 0.1) is 11.4 Å². The molecule has 1 aliphatic heterocycles. The first-order valence-electron chi connectivity index (χ1n) is 11.4. The van der Waals surface area contributed by atoms with Crippen molar-refractivity contribution in [2.75, 3.05) is 31.6 Å². The Balaban J connectivity index is 1.44. The summed E-state index contributed by atoms with van der Waals surface area (Å²) in [5, 5.41) is 7.48. The molecule has 9 heteroatoms. The van der Waals surface area contributed by atoms with Gasteiger partial charge in [-0.1, -0.05) is 36.4 Å². The maximum Gasteiger partial charge on any atom is 0.262 e. The molecular weight excluding hydrogens is 466 g/mol. The van der Waals surface area contributed by atoms with Gasteiger partial charge in [-0.05, 0) is 36.1 Å². The van der Waals surface area contributed by atoms with Crippen LogP contribution in [0, 0.1) is 0 Å². The number of hydrogen-bond acceptors (Lipinski definition) is 6. The minimum Gasteiger partial charge on any atom is -0.486 e. The molecule has 0 radical (unpaired) electrons. The number of nitrogens with one attached hydrogen (secondary N) is 2. The summed E-state index contributed by atoms with van der Waals surface area (Å²) < 4.78 is 11.1. The lowest BCUT2D eigenvalue weighted by atomic mass is 10.0. The SMILES string of the molecule is CCN(CC(=O)Nc1ccc2c(c1)OCCO2)C(=O)C(Cc1ccccc1)NC(=O)c1cccs1. The molecule has 1 aromatic heterocycles. The third-order valence-electron chi connectivity index (χ3n) is 5.48. The molecule has 1 unspecified atom stereocenters. The number of anilines is 1. The average molecular weight is 494 g/mol. The molecule has 0 bridgehead atoms. The lowest BCUT2D eigenvalue weighted by Gasteiger charge is -2.27. The summed E-state index contributed by atoms with van der Waals surface area (Å²) in [4.78, 5) is 40.9. The van der Waals surface area contributed by atoms with E-state index < -0.39 is 6.04 Å². The predicted octanol–water partition coefficient (Wildman–Crippen LogP) is 3.35. The maximum atomic E-state index is 13.5. The Morgan fingerprint density at radius 2 is 1.77 bits per heavy atom. The molecule has 182 valence electrons. The second-order valence-electron chi connectivity index (χ2n) is 7.95. The zero-order valence-corrected chi connectivity index (χ0v) is 20.2. The Morgan fingerprint density at radius 3 is 2.49 bits per heavy atom. The Kier molecular flexibility index (Phi) is 7.99. The highest BCUT2D eigenvalue weighted by molar-refractivity contribution is 7.12. The van der Waals surface area contributed by atoms with Crippen LogP contribution in [0.3, 0.4) is 0 Å². The van der Waals surface area contributed by atoms with Gasteiger partial charge >= 0.3 is 0 Å².